The van der Waals surface area contributed by atoms with Crippen LogP contribution >= 0.6 is 23.8 Å². The summed E-state index contributed by atoms with van der Waals surface area (Å²) >= 11 is 12.0. The Hall–Kier alpha value is -2.44. The van der Waals surface area contributed by atoms with Gasteiger partial charge in [-0.25, -0.2) is 4.39 Å². The molecule has 160 valence electrons. The van der Waals surface area contributed by atoms with Gasteiger partial charge in [0.25, 0.3) is 0 Å². The van der Waals surface area contributed by atoms with E-state index in [1.807, 2.05) is 36.7 Å². The van der Waals surface area contributed by atoms with Crippen molar-refractivity contribution in [2.75, 3.05) is 0 Å². The Morgan fingerprint density at radius 3 is 2.65 bits per heavy atom. The summed E-state index contributed by atoms with van der Waals surface area (Å²) in [4.78, 5) is 7.01. The molecule has 0 bridgehead atoms. The van der Waals surface area contributed by atoms with Crippen LogP contribution < -0.4 is 5.32 Å². The minimum absolute atomic E-state index is 0.0238. The number of nitrogens with zero attached hydrogens (tertiary/aromatic N) is 3. The normalized spacial score (nSPS) is 22.0. The summed E-state index contributed by atoms with van der Waals surface area (Å²) in [5.41, 5.74) is 2.86. The number of hydrogen-bond donors (Lipinski definition) is 1. The fraction of sp³-hybridized carbons (Fsp3) is 0.333. The van der Waals surface area contributed by atoms with E-state index in [9.17, 15) is 4.39 Å². The number of hydrogen-bond acceptors (Lipinski definition) is 2. The van der Waals surface area contributed by atoms with Crippen LogP contribution in [-0.2, 0) is 0 Å². The van der Waals surface area contributed by atoms with Crippen molar-refractivity contribution >= 4 is 28.9 Å². The van der Waals surface area contributed by atoms with Crippen LogP contribution in [0.1, 0.15) is 55.6 Å². The molecule has 1 saturated heterocycles. The average molecular weight is 455 g/mol. The van der Waals surface area contributed by atoms with Crippen LogP contribution in [0.3, 0.4) is 0 Å². The van der Waals surface area contributed by atoms with Crippen LogP contribution in [0.15, 0.2) is 60.9 Å². The zero-order chi connectivity index (χ0) is 21.4. The van der Waals surface area contributed by atoms with Gasteiger partial charge in [0.2, 0.25) is 0 Å². The third-order valence-electron chi connectivity index (χ3n) is 6.37. The van der Waals surface area contributed by atoms with Crippen LogP contribution in [0.25, 0.3) is 5.69 Å². The number of benzene rings is 1. The van der Waals surface area contributed by atoms with Gasteiger partial charge in [0.15, 0.2) is 5.11 Å². The van der Waals surface area contributed by atoms with Gasteiger partial charge in [-0.1, -0.05) is 36.9 Å². The third-order valence-corrected chi connectivity index (χ3v) is 6.99. The zero-order valence-electron chi connectivity index (χ0n) is 17.0. The van der Waals surface area contributed by atoms with Crippen LogP contribution in [0.5, 0.6) is 0 Å². The maximum atomic E-state index is 13.8. The first kappa shape index (κ1) is 20.5. The number of pyridine rings is 1. The highest BCUT2D eigenvalue weighted by Crippen LogP contribution is 2.43. The maximum absolute atomic E-state index is 13.8. The third kappa shape index (κ3) is 3.83. The summed E-state index contributed by atoms with van der Waals surface area (Å²) in [7, 11) is 0. The minimum atomic E-state index is -0.418. The molecule has 4 nitrogen and oxygen atoms in total. The molecule has 1 saturated carbocycles. The molecule has 2 atom stereocenters. The molecule has 2 aliphatic rings. The zero-order valence-corrected chi connectivity index (χ0v) is 18.6. The van der Waals surface area contributed by atoms with Crippen molar-refractivity contribution in [3.63, 3.8) is 0 Å². The topological polar surface area (TPSA) is 33.1 Å². The van der Waals surface area contributed by atoms with E-state index in [0.717, 1.165) is 35.0 Å². The first-order chi connectivity index (χ1) is 15.1. The molecule has 0 unspecified atom stereocenters. The molecular formula is C24H24ClFN4S. The number of nitrogens with one attached hydrogen (secondary N) is 1. The molecule has 0 amide bonds. The van der Waals surface area contributed by atoms with E-state index in [1.54, 1.807) is 12.1 Å². The van der Waals surface area contributed by atoms with Gasteiger partial charge in [-0.05, 0) is 67.5 Å². The van der Waals surface area contributed by atoms with Crippen LogP contribution in [0.2, 0.25) is 5.02 Å². The summed E-state index contributed by atoms with van der Waals surface area (Å²) in [5, 5.41) is 4.44. The van der Waals surface area contributed by atoms with Crippen molar-refractivity contribution in [1.29, 1.82) is 0 Å². The summed E-state index contributed by atoms with van der Waals surface area (Å²) in [6.07, 6.45) is 9.81. The Kier molecular flexibility index (Phi) is 5.67. The second-order valence-electron chi connectivity index (χ2n) is 8.23. The predicted molar refractivity (Wildman–Crippen MR) is 125 cm³/mol. The lowest BCUT2D eigenvalue weighted by Crippen LogP contribution is -2.40. The second kappa shape index (κ2) is 8.60. The molecule has 1 aromatic carbocycles. The van der Waals surface area contributed by atoms with Crippen LogP contribution in [0.4, 0.5) is 4.39 Å². The number of rotatable bonds is 4. The van der Waals surface area contributed by atoms with Gasteiger partial charge in [0, 0.05) is 29.8 Å². The van der Waals surface area contributed by atoms with Gasteiger partial charge >= 0.3 is 0 Å². The SMILES string of the molecule is Fc1ccc(-n2cccc2[C@@H]2[C@H](c3ccccn3)NC(=S)N2C2CCCCC2)cc1Cl. The summed E-state index contributed by atoms with van der Waals surface area (Å²) in [5.74, 6) is -0.418. The maximum Gasteiger partial charge on any atom is 0.170 e. The van der Waals surface area contributed by atoms with Crippen molar-refractivity contribution < 1.29 is 4.39 Å². The predicted octanol–water partition coefficient (Wildman–Crippen LogP) is 5.97. The largest absolute Gasteiger partial charge is 0.352 e. The van der Waals surface area contributed by atoms with Crippen LogP contribution in [0, 0.1) is 5.82 Å². The lowest BCUT2D eigenvalue weighted by Gasteiger charge is -2.37. The van der Waals surface area contributed by atoms with Crippen molar-refractivity contribution in [3.05, 3.63) is 83.2 Å². The lowest BCUT2D eigenvalue weighted by molar-refractivity contribution is 0.193. The van der Waals surface area contributed by atoms with Gasteiger partial charge in [-0.15, -0.1) is 0 Å². The monoisotopic (exact) mass is 454 g/mol. The molecule has 2 aromatic heterocycles. The van der Waals surface area contributed by atoms with Gasteiger partial charge in [0.05, 0.1) is 22.8 Å². The van der Waals surface area contributed by atoms with E-state index in [-0.39, 0.29) is 17.1 Å². The molecule has 31 heavy (non-hydrogen) atoms. The van der Waals surface area contributed by atoms with Crippen LogP contribution in [-0.4, -0.2) is 25.6 Å². The minimum Gasteiger partial charge on any atom is -0.352 e. The molecule has 3 aromatic rings. The Bertz CT molecular complexity index is 1080. The van der Waals surface area contributed by atoms with E-state index in [1.165, 1.54) is 25.3 Å². The van der Waals surface area contributed by atoms with E-state index in [2.05, 4.69) is 25.8 Å². The Labute approximate surface area is 192 Å². The quantitative estimate of drug-likeness (QED) is 0.492. The van der Waals surface area contributed by atoms with Gasteiger partial charge < -0.3 is 14.8 Å². The van der Waals surface area contributed by atoms with E-state index in [4.69, 9.17) is 23.8 Å². The van der Waals surface area contributed by atoms with Crippen molar-refractivity contribution in [1.82, 2.24) is 19.8 Å². The van der Waals surface area contributed by atoms with Crippen molar-refractivity contribution in [2.24, 2.45) is 0 Å². The average Bonchev–Trinajstić information content (AvgIpc) is 3.41. The summed E-state index contributed by atoms with van der Waals surface area (Å²) < 4.78 is 15.9. The first-order valence-corrected chi connectivity index (χ1v) is 11.5. The second-order valence-corrected chi connectivity index (χ2v) is 9.02. The highest BCUT2D eigenvalue weighted by molar-refractivity contribution is 7.80. The van der Waals surface area contributed by atoms with E-state index >= 15 is 0 Å². The molecule has 0 radical (unpaired) electrons. The lowest BCUT2D eigenvalue weighted by atomic mass is 9.92. The molecule has 1 aliphatic heterocycles. The number of thiocarbonyl (C=S) groups is 1. The smallest absolute Gasteiger partial charge is 0.170 e. The Balaban J connectivity index is 1.61. The molecule has 1 N–H and O–H groups in total. The Morgan fingerprint density at radius 1 is 1.06 bits per heavy atom. The standard InChI is InChI=1S/C24H24ClFN4S/c25-18-15-17(11-12-19(18)26)29-14-6-10-21(29)23-22(20-9-4-5-13-27-20)28-24(31)30(23)16-7-2-1-3-8-16/h4-6,9-16,22-23H,1-3,7-8H2,(H,28,31)/t22-,23+/m0/s1. The highest BCUT2D eigenvalue weighted by atomic mass is 35.5. The molecular weight excluding hydrogens is 431 g/mol. The molecule has 3 heterocycles. The summed E-state index contributed by atoms with van der Waals surface area (Å²) in [6, 6.07) is 15.2. The Morgan fingerprint density at radius 2 is 1.90 bits per heavy atom. The van der Waals surface area contributed by atoms with Crippen molar-refractivity contribution in [3.8, 4) is 5.69 Å². The van der Waals surface area contributed by atoms with E-state index < -0.39 is 5.82 Å². The fourth-order valence-corrected chi connectivity index (χ4v) is 5.50. The van der Waals surface area contributed by atoms with Gasteiger partial charge in [-0.3, -0.25) is 4.98 Å². The van der Waals surface area contributed by atoms with Crippen molar-refractivity contribution in [2.45, 2.75) is 50.2 Å². The molecule has 1 aliphatic carbocycles. The molecule has 7 heteroatoms. The molecule has 2 fully saturated rings. The highest BCUT2D eigenvalue weighted by Gasteiger charge is 2.44. The number of halogens is 2. The molecule has 0 spiro atoms. The first-order valence-electron chi connectivity index (χ1n) is 10.8. The molecule has 5 rings (SSSR count). The van der Waals surface area contributed by atoms with Gasteiger partial charge in [-0.2, -0.15) is 0 Å². The van der Waals surface area contributed by atoms with E-state index in [0.29, 0.717) is 6.04 Å². The summed E-state index contributed by atoms with van der Waals surface area (Å²) in [6.45, 7) is 0. The number of aromatic nitrogens is 2. The van der Waals surface area contributed by atoms with Gasteiger partial charge in [0.1, 0.15) is 5.82 Å². The fourth-order valence-electron chi connectivity index (χ4n) is 4.94.